The number of anilines is 1. The second-order valence-corrected chi connectivity index (χ2v) is 7.46. The highest BCUT2D eigenvalue weighted by molar-refractivity contribution is 6.03. The average Bonchev–Trinajstić information content (AvgIpc) is 3.27. The SMILES string of the molecule is O=C(Nc1ccccc1F)c1cc(C2CCN(C(=O)Cc3ccccc3)CC2)[nH]n1. The Morgan fingerprint density at radius 3 is 2.50 bits per heavy atom. The molecule has 0 atom stereocenters. The van der Waals surface area contributed by atoms with E-state index in [0.717, 1.165) is 24.1 Å². The largest absolute Gasteiger partial charge is 0.342 e. The molecule has 154 valence electrons. The van der Waals surface area contributed by atoms with Crippen molar-refractivity contribution < 1.29 is 14.0 Å². The molecule has 7 heteroatoms. The van der Waals surface area contributed by atoms with Gasteiger partial charge in [-0.15, -0.1) is 0 Å². The van der Waals surface area contributed by atoms with Crippen LogP contribution in [0.5, 0.6) is 0 Å². The van der Waals surface area contributed by atoms with Crippen LogP contribution in [0, 0.1) is 5.82 Å². The molecule has 0 aliphatic carbocycles. The Balaban J connectivity index is 1.32. The summed E-state index contributed by atoms with van der Waals surface area (Å²) >= 11 is 0. The van der Waals surface area contributed by atoms with E-state index < -0.39 is 11.7 Å². The van der Waals surface area contributed by atoms with Gasteiger partial charge < -0.3 is 10.2 Å². The van der Waals surface area contributed by atoms with Crippen LogP contribution >= 0.6 is 0 Å². The number of amides is 2. The number of rotatable bonds is 5. The average molecular weight is 406 g/mol. The summed E-state index contributed by atoms with van der Waals surface area (Å²) in [7, 11) is 0. The first-order valence-electron chi connectivity index (χ1n) is 10.0. The number of H-pyrrole nitrogens is 1. The smallest absolute Gasteiger partial charge is 0.276 e. The van der Waals surface area contributed by atoms with Crippen LogP contribution in [0.4, 0.5) is 10.1 Å². The van der Waals surface area contributed by atoms with Crippen LogP contribution < -0.4 is 5.32 Å². The number of benzene rings is 2. The lowest BCUT2D eigenvalue weighted by atomic mass is 9.93. The van der Waals surface area contributed by atoms with Crippen molar-refractivity contribution in [2.24, 2.45) is 0 Å². The maximum absolute atomic E-state index is 13.7. The van der Waals surface area contributed by atoms with Crippen molar-refractivity contribution in [3.63, 3.8) is 0 Å². The first-order valence-corrected chi connectivity index (χ1v) is 10.0. The fourth-order valence-corrected chi connectivity index (χ4v) is 3.73. The molecule has 1 aliphatic heterocycles. The Hall–Kier alpha value is -3.48. The fourth-order valence-electron chi connectivity index (χ4n) is 3.73. The van der Waals surface area contributed by atoms with E-state index in [2.05, 4.69) is 15.5 Å². The van der Waals surface area contributed by atoms with Gasteiger partial charge in [-0.05, 0) is 36.6 Å². The summed E-state index contributed by atoms with van der Waals surface area (Å²) in [5.41, 5.74) is 2.22. The number of para-hydroxylation sites is 1. The van der Waals surface area contributed by atoms with Gasteiger partial charge in [-0.3, -0.25) is 14.7 Å². The zero-order chi connectivity index (χ0) is 20.9. The number of halogens is 1. The standard InChI is InChI=1S/C23H23FN4O2/c24-18-8-4-5-9-19(18)25-23(30)21-15-20(26-27-21)17-10-12-28(13-11-17)22(29)14-16-6-2-1-3-7-16/h1-9,15,17H,10-14H2,(H,25,30)(H,26,27). The molecule has 4 rings (SSSR count). The molecule has 6 nitrogen and oxygen atoms in total. The highest BCUT2D eigenvalue weighted by atomic mass is 19.1. The number of aromatic nitrogens is 2. The number of nitrogens with zero attached hydrogens (tertiary/aromatic N) is 2. The maximum Gasteiger partial charge on any atom is 0.276 e. The Bertz CT molecular complexity index is 1030. The summed E-state index contributed by atoms with van der Waals surface area (Å²) in [6, 6.07) is 17.5. The molecule has 0 unspecified atom stereocenters. The number of carbonyl (C=O) groups excluding carboxylic acids is 2. The van der Waals surface area contributed by atoms with Crippen LogP contribution in [0.2, 0.25) is 0 Å². The van der Waals surface area contributed by atoms with Crippen molar-refractivity contribution in [1.29, 1.82) is 0 Å². The molecule has 0 saturated carbocycles. The molecule has 1 aromatic heterocycles. The maximum atomic E-state index is 13.7. The van der Waals surface area contributed by atoms with Gasteiger partial charge in [-0.1, -0.05) is 42.5 Å². The van der Waals surface area contributed by atoms with E-state index in [1.807, 2.05) is 35.2 Å². The lowest BCUT2D eigenvalue weighted by Crippen LogP contribution is -2.38. The van der Waals surface area contributed by atoms with Crippen molar-refractivity contribution in [3.05, 3.63) is 83.4 Å². The Morgan fingerprint density at radius 2 is 1.77 bits per heavy atom. The molecule has 2 aromatic carbocycles. The quantitative estimate of drug-likeness (QED) is 0.677. The minimum absolute atomic E-state index is 0.122. The van der Waals surface area contributed by atoms with E-state index in [-0.39, 0.29) is 23.2 Å². The highest BCUT2D eigenvalue weighted by Crippen LogP contribution is 2.27. The molecule has 2 amide bonds. The predicted molar refractivity (Wildman–Crippen MR) is 112 cm³/mol. The second-order valence-electron chi connectivity index (χ2n) is 7.46. The fraction of sp³-hybridized carbons (Fsp3) is 0.261. The molecule has 1 aliphatic rings. The van der Waals surface area contributed by atoms with Gasteiger partial charge >= 0.3 is 0 Å². The number of piperidine rings is 1. The third-order valence-corrected chi connectivity index (χ3v) is 5.44. The minimum atomic E-state index is -0.492. The third-order valence-electron chi connectivity index (χ3n) is 5.44. The molecular formula is C23H23FN4O2. The van der Waals surface area contributed by atoms with Crippen LogP contribution in [0.1, 0.15) is 40.5 Å². The summed E-state index contributed by atoms with van der Waals surface area (Å²) in [6.45, 7) is 1.35. The highest BCUT2D eigenvalue weighted by Gasteiger charge is 2.26. The first-order chi connectivity index (χ1) is 14.6. The summed E-state index contributed by atoms with van der Waals surface area (Å²) in [5.74, 6) is -0.616. The number of aromatic amines is 1. The Kier molecular flexibility index (Phi) is 5.88. The lowest BCUT2D eigenvalue weighted by molar-refractivity contribution is -0.131. The molecule has 1 fully saturated rings. The predicted octanol–water partition coefficient (Wildman–Crippen LogP) is 3.75. The zero-order valence-electron chi connectivity index (χ0n) is 16.5. The topological polar surface area (TPSA) is 78.1 Å². The van der Waals surface area contributed by atoms with Crippen molar-refractivity contribution >= 4 is 17.5 Å². The summed E-state index contributed by atoms with van der Waals surface area (Å²) in [6.07, 6.45) is 2.02. The summed E-state index contributed by atoms with van der Waals surface area (Å²) in [4.78, 5) is 26.8. The van der Waals surface area contributed by atoms with E-state index >= 15 is 0 Å². The van der Waals surface area contributed by atoms with E-state index in [0.29, 0.717) is 19.5 Å². The number of likely N-dealkylation sites (tertiary alicyclic amines) is 1. The number of hydrogen-bond acceptors (Lipinski definition) is 3. The molecule has 0 spiro atoms. The van der Waals surface area contributed by atoms with E-state index in [4.69, 9.17) is 0 Å². The van der Waals surface area contributed by atoms with Crippen LogP contribution in [0.15, 0.2) is 60.7 Å². The molecule has 2 heterocycles. The van der Waals surface area contributed by atoms with Crippen LogP contribution in [-0.2, 0) is 11.2 Å². The molecule has 0 bridgehead atoms. The number of hydrogen-bond donors (Lipinski definition) is 2. The normalized spacial score (nSPS) is 14.5. The molecule has 0 radical (unpaired) electrons. The first kappa shape index (κ1) is 19.8. The van der Waals surface area contributed by atoms with E-state index in [1.54, 1.807) is 18.2 Å². The zero-order valence-corrected chi connectivity index (χ0v) is 16.5. The molecule has 2 N–H and O–H groups in total. The Morgan fingerprint density at radius 1 is 1.07 bits per heavy atom. The number of carbonyl (C=O) groups is 2. The van der Waals surface area contributed by atoms with Gasteiger partial charge in [0.1, 0.15) is 5.82 Å². The van der Waals surface area contributed by atoms with Crippen LogP contribution in [0.25, 0.3) is 0 Å². The summed E-state index contributed by atoms with van der Waals surface area (Å²) < 4.78 is 13.7. The van der Waals surface area contributed by atoms with Crippen molar-refractivity contribution in [1.82, 2.24) is 15.1 Å². The molecule has 1 saturated heterocycles. The monoisotopic (exact) mass is 406 g/mol. The van der Waals surface area contributed by atoms with E-state index in [1.165, 1.54) is 12.1 Å². The van der Waals surface area contributed by atoms with Gasteiger partial charge in [-0.2, -0.15) is 5.10 Å². The second kappa shape index (κ2) is 8.90. The van der Waals surface area contributed by atoms with Crippen molar-refractivity contribution in [3.8, 4) is 0 Å². The van der Waals surface area contributed by atoms with Gasteiger partial charge in [0.2, 0.25) is 5.91 Å². The van der Waals surface area contributed by atoms with Gasteiger partial charge in [0.15, 0.2) is 5.69 Å². The van der Waals surface area contributed by atoms with Crippen LogP contribution in [0.3, 0.4) is 0 Å². The third kappa shape index (κ3) is 4.56. The molecule has 30 heavy (non-hydrogen) atoms. The van der Waals surface area contributed by atoms with Crippen molar-refractivity contribution in [2.45, 2.75) is 25.2 Å². The number of nitrogens with one attached hydrogen (secondary N) is 2. The summed E-state index contributed by atoms with van der Waals surface area (Å²) in [5, 5.41) is 9.56. The minimum Gasteiger partial charge on any atom is -0.342 e. The van der Waals surface area contributed by atoms with Gasteiger partial charge in [0.05, 0.1) is 12.1 Å². The van der Waals surface area contributed by atoms with E-state index in [9.17, 15) is 14.0 Å². The van der Waals surface area contributed by atoms with Crippen LogP contribution in [-0.4, -0.2) is 40.0 Å². The molecule has 3 aromatic rings. The van der Waals surface area contributed by atoms with Crippen molar-refractivity contribution in [2.75, 3.05) is 18.4 Å². The van der Waals surface area contributed by atoms with Gasteiger partial charge in [0.25, 0.3) is 5.91 Å². The molecular weight excluding hydrogens is 383 g/mol. The lowest BCUT2D eigenvalue weighted by Gasteiger charge is -2.31. The Labute approximate surface area is 174 Å². The van der Waals surface area contributed by atoms with Gasteiger partial charge in [0, 0.05) is 24.7 Å². The van der Waals surface area contributed by atoms with Gasteiger partial charge in [-0.25, -0.2) is 4.39 Å².